The van der Waals surface area contributed by atoms with E-state index >= 15 is 0 Å². The Balaban J connectivity index is 1.77. The second-order valence-electron chi connectivity index (χ2n) is 6.58. The highest BCUT2D eigenvalue weighted by Crippen LogP contribution is 2.23. The van der Waals surface area contributed by atoms with Gasteiger partial charge in [0.05, 0.1) is 6.21 Å². The number of halogens is 1. The molecule has 0 saturated carbocycles. The zero-order chi connectivity index (χ0) is 19.8. The van der Waals surface area contributed by atoms with Crippen molar-refractivity contribution in [3.8, 4) is 0 Å². The fraction of sp³-hybridized carbons (Fsp3) is 0.286. The highest BCUT2D eigenvalue weighted by atomic mass is 35.5. The third-order valence-electron chi connectivity index (χ3n) is 4.13. The second-order valence-corrected chi connectivity index (χ2v) is 6.98. The summed E-state index contributed by atoms with van der Waals surface area (Å²) in [6.07, 6.45) is 1.70. The summed E-state index contributed by atoms with van der Waals surface area (Å²) in [6, 6.07) is 13.3. The van der Waals surface area contributed by atoms with Crippen molar-refractivity contribution in [1.29, 1.82) is 0 Å². The predicted molar refractivity (Wildman–Crippen MR) is 110 cm³/mol. The third-order valence-corrected chi connectivity index (χ3v) is 4.54. The molecule has 0 aliphatic heterocycles. The molecular weight excluding hydrogens is 362 g/mol. The van der Waals surface area contributed by atoms with E-state index in [9.17, 15) is 9.59 Å². The van der Waals surface area contributed by atoms with Crippen molar-refractivity contribution in [2.75, 3.05) is 5.32 Å². The number of hydrazone groups is 1. The van der Waals surface area contributed by atoms with Crippen LogP contribution in [0.5, 0.6) is 0 Å². The van der Waals surface area contributed by atoms with Crippen LogP contribution in [-0.2, 0) is 9.59 Å². The van der Waals surface area contributed by atoms with Gasteiger partial charge in [0.25, 0.3) is 0 Å². The van der Waals surface area contributed by atoms with E-state index in [1.807, 2.05) is 31.2 Å². The monoisotopic (exact) mass is 385 g/mol. The Hall–Kier alpha value is -2.66. The number of nitrogens with zero attached hydrogens (tertiary/aromatic N) is 1. The van der Waals surface area contributed by atoms with Crippen LogP contribution in [-0.4, -0.2) is 18.0 Å². The van der Waals surface area contributed by atoms with Crippen molar-refractivity contribution in [2.24, 2.45) is 5.10 Å². The average molecular weight is 386 g/mol. The van der Waals surface area contributed by atoms with Gasteiger partial charge in [0.2, 0.25) is 11.8 Å². The van der Waals surface area contributed by atoms with Crippen LogP contribution in [0, 0.1) is 6.92 Å². The van der Waals surface area contributed by atoms with Crippen LogP contribution in [0.25, 0.3) is 0 Å². The Morgan fingerprint density at radius 3 is 2.41 bits per heavy atom. The largest absolute Gasteiger partial charge is 0.326 e. The van der Waals surface area contributed by atoms with E-state index in [2.05, 4.69) is 29.7 Å². The van der Waals surface area contributed by atoms with Gasteiger partial charge in [-0.05, 0) is 41.7 Å². The summed E-state index contributed by atoms with van der Waals surface area (Å²) in [5.41, 5.74) is 6.03. The standard InChI is InChI=1S/C21H24ClN3O2/c1-14(2)17-9-7-16(8-10-17)13-23-25-21(27)12-11-20(26)24-19-6-4-5-18(22)15(19)3/h4-10,13-14H,11-12H2,1-3H3,(H,24,26)(H,25,27)/b23-13+. The Morgan fingerprint density at radius 1 is 1.07 bits per heavy atom. The van der Waals surface area contributed by atoms with Crippen molar-refractivity contribution >= 4 is 35.3 Å². The first-order chi connectivity index (χ1) is 12.9. The Labute approximate surface area is 164 Å². The van der Waals surface area contributed by atoms with E-state index in [1.54, 1.807) is 24.4 Å². The molecule has 6 heteroatoms. The van der Waals surface area contributed by atoms with Crippen LogP contribution in [0.2, 0.25) is 5.02 Å². The van der Waals surface area contributed by atoms with E-state index in [1.165, 1.54) is 5.56 Å². The van der Waals surface area contributed by atoms with Gasteiger partial charge in [0.15, 0.2) is 0 Å². The van der Waals surface area contributed by atoms with Gasteiger partial charge in [-0.2, -0.15) is 5.10 Å². The van der Waals surface area contributed by atoms with E-state index in [0.717, 1.165) is 11.1 Å². The molecule has 0 radical (unpaired) electrons. The minimum absolute atomic E-state index is 0.0507. The molecule has 27 heavy (non-hydrogen) atoms. The number of amides is 2. The number of carbonyl (C=O) groups is 2. The molecule has 0 spiro atoms. The van der Waals surface area contributed by atoms with Gasteiger partial charge in [0, 0.05) is 23.6 Å². The smallest absolute Gasteiger partial charge is 0.240 e. The molecule has 0 heterocycles. The molecular formula is C21H24ClN3O2. The molecule has 2 amide bonds. The summed E-state index contributed by atoms with van der Waals surface area (Å²) in [5.74, 6) is -0.0932. The van der Waals surface area contributed by atoms with Gasteiger partial charge in [-0.3, -0.25) is 9.59 Å². The highest BCUT2D eigenvalue weighted by molar-refractivity contribution is 6.31. The van der Waals surface area contributed by atoms with Gasteiger partial charge in [-0.25, -0.2) is 5.43 Å². The Morgan fingerprint density at radius 2 is 1.74 bits per heavy atom. The first-order valence-electron chi connectivity index (χ1n) is 8.83. The maximum absolute atomic E-state index is 12.0. The van der Waals surface area contributed by atoms with Crippen molar-refractivity contribution in [3.05, 3.63) is 64.2 Å². The van der Waals surface area contributed by atoms with Gasteiger partial charge < -0.3 is 5.32 Å². The molecule has 0 unspecified atom stereocenters. The van der Waals surface area contributed by atoms with E-state index < -0.39 is 0 Å². The van der Waals surface area contributed by atoms with E-state index in [-0.39, 0.29) is 24.7 Å². The molecule has 0 saturated heterocycles. The molecule has 0 fully saturated rings. The fourth-order valence-corrected chi connectivity index (χ4v) is 2.56. The molecule has 2 rings (SSSR count). The number of hydrogen-bond acceptors (Lipinski definition) is 3. The lowest BCUT2D eigenvalue weighted by Gasteiger charge is -2.09. The number of anilines is 1. The molecule has 142 valence electrons. The molecule has 2 aromatic carbocycles. The van der Waals surface area contributed by atoms with Crippen LogP contribution >= 0.6 is 11.6 Å². The lowest BCUT2D eigenvalue weighted by Crippen LogP contribution is -2.20. The van der Waals surface area contributed by atoms with Crippen LogP contribution in [0.15, 0.2) is 47.6 Å². The molecule has 0 aliphatic carbocycles. The summed E-state index contributed by atoms with van der Waals surface area (Å²) in [5, 5.41) is 7.28. The Kier molecular flexibility index (Phi) is 7.55. The van der Waals surface area contributed by atoms with E-state index in [4.69, 9.17) is 11.6 Å². The average Bonchev–Trinajstić information content (AvgIpc) is 2.64. The van der Waals surface area contributed by atoms with Crippen LogP contribution < -0.4 is 10.7 Å². The predicted octanol–water partition coefficient (Wildman–Crippen LogP) is 4.64. The summed E-state index contributed by atoms with van der Waals surface area (Å²) in [6.45, 7) is 6.09. The summed E-state index contributed by atoms with van der Waals surface area (Å²) >= 11 is 6.03. The van der Waals surface area contributed by atoms with Crippen molar-refractivity contribution in [3.63, 3.8) is 0 Å². The van der Waals surface area contributed by atoms with Crippen LogP contribution in [0.3, 0.4) is 0 Å². The molecule has 0 atom stereocenters. The van der Waals surface area contributed by atoms with Crippen molar-refractivity contribution in [2.45, 2.75) is 39.5 Å². The fourth-order valence-electron chi connectivity index (χ4n) is 2.38. The SMILES string of the molecule is Cc1c(Cl)cccc1NC(=O)CCC(=O)N/N=C/c1ccc(C(C)C)cc1. The summed E-state index contributed by atoms with van der Waals surface area (Å²) in [7, 11) is 0. The topological polar surface area (TPSA) is 70.6 Å². The summed E-state index contributed by atoms with van der Waals surface area (Å²) in [4.78, 5) is 23.8. The zero-order valence-corrected chi connectivity index (χ0v) is 16.5. The quantitative estimate of drug-likeness (QED) is 0.538. The minimum Gasteiger partial charge on any atom is -0.326 e. The molecule has 2 aromatic rings. The maximum atomic E-state index is 12.0. The summed E-state index contributed by atoms with van der Waals surface area (Å²) < 4.78 is 0. The number of benzene rings is 2. The highest BCUT2D eigenvalue weighted by Gasteiger charge is 2.09. The van der Waals surface area contributed by atoms with Crippen LogP contribution in [0.1, 0.15) is 49.3 Å². The number of nitrogens with one attached hydrogen (secondary N) is 2. The lowest BCUT2D eigenvalue weighted by molar-refractivity contribution is -0.124. The molecule has 0 bridgehead atoms. The van der Waals surface area contributed by atoms with Gasteiger partial charge in [-0.15, -0.1) is 0 Å². The third kappa shape index (κ3) is 6.53. The molecule has 0 aromatic heterocycles. The number of carbonyl (C=O) groups excluding carboxylic acids is 2. The first kappa shape index (κ1) is 20.6. The molecule has 2 N–H and O–H groups in total. The molecule has 0 aliphatic rings. The Bertz CT molecular complexity index is 830. The van der Waals surface area contributed by atoms with Gasteiger partial charge in [0.1, 0.15) is 0 Å². The normalized spacial score (nSPS) is 11.0. The zero-order valence-electron chi connectivity index (χ0n) is 15.8. The minimum atomic E-state index is -0.317. The molecule has 5 nitrogen and oxygen atoms in total. The lowest BCUT2D eigenvalue weighted by atomic mass is 10.0. The van der Waals surface area contributed by atoms with Gasteiger partial charge >= 0.3 is 0 Å². The maximum Gasteiger partial charge on any atom is 0.240 e. The van der Waals surface area contributed by atoms with Gasteiger partial charge in [-0.1, -0.05) is 55.8 Å². The number of rotatable bonds is 7. The van der Waals surface area contributed by atoms with Crippen molar-refractivity contribution < 1.29 is 9.59 Å². The second kappa shape index (κ2) is 9.88. The van der Waals surface area contributed by atoms with Crippen molar-refractivity contribution in [1.82, 2.24) is 5.43 Å². The van der Waals surface area contributed by atoms with E-state index in [0.29, 0.717) is 16.6 Å². The first-order valence-corrected chi connectivity index (χ1v) is 9.21. The number of hydrogen-bond donors (Lipinski definition) is 2. The van der Waals surface area contributed by atoms with Crippen LogP contribution in [0.4, 0.5) is 5.69 Å².